The summed E-state index contributed by atoms with van der Waals surface area (Å²) in [4.78, 5) is 52.1. The Morgan fingerprint density at radius 3 is 2.34 bits per heavy atom. The summed E-state index contributed by atoms with van der Waals surface area (Å²) < 4.78 is 39.7. The van der Waals surface area contributed by atoms with Gasteiger partial charge in [-0.2, -0.15) is 13.2 Å². The molecule has 32 heavy (non-hydrogen) atoms. The minimum atomic E-state index is -4.65. The van der Waals surface area contributed by atoms with Crippen LogP contribution in [0.5, 0.6) is 0 Å². The third kappa shape index (κ3) is 4.67. The second-order valence-corrected chi connectivity index (χ2v) is 8.48. The van der Waals surface area contributed by atoms with Crippen molar-refractivity contribution in [2.75, 3.05) is 13.1 Å². The number of likely N-dealkylation sites (tertiary alicyclic amines) is 1. The number of primary amides is 1. The number of carbonyl (C=O) groups is 4. The highest BCUT2D eigenvalue weighted by atomic mass is 32.2. The molecule has 2 heterocycles. The van der Waals surface area contributed by atoms with E-state index in [0.29, 0.717) is 12.0 Å². The normalized spacial score (nSPS) is 18.4. The zero-order chi connectivity index (χ0) is 23.6. The highest BCUT2D eigenvalue weighted by Crippen LogP contribution is 2.38. The molecule has 1 atom stereocenters. The molecule has 4 amide bonds. The van der Waals surface area contributed by atoms with Crippen LogP contribution in [0.4, 0.5) is 18.0 Å². The number of thioether (sulfide) groups is 1. The van der Waals surface area contributed by atoms with Gasteiger partial charge in [-0.05, 0) is 48.7 Å². The van der Waals surface area contributed by atoms with Gasteiger partial charge in [0.15, 0.2) is 0 Å². The van der Waals surface area contributed by atoms with E-state index in [0.717, 1.165) is 28.8 Å². The Kier molecular flexibility index (Phi) is 6.97. The molecule has 2 N–H and O–H groups in total. The number of imide groups is 1. The van der Waals surface area contributed by atoms with Gasteiger partial charge in [0.1, 0.15) is 6.04 Å². The molecule has 2 fully saturated rings. The Bertz CT molecular complexity index is 983. The molecule has 0 aromatic heterocycles. The smallest absolute Gasteiger partial charge is 0.368 e. The highest BCUT2D eigenvalue weighted by molar-refractivity contribution is 8.18. The predicted molar refractivity (Wildman–Crippen MR) is 111 cm³/mol. The molecule has 0 bridgehead atoms. The molecule has 3 rings (SSSR count). The highest BCUT2D eigenvalue weighted by Gasteiger charge is 2.43. The summed E-state index contributed by atoms with van der Waals surface area (Å²) in [6.07, 6.45) is -3.36. The van der Waals surface area contributed by atoms with Crippen molar-refractivity contribution in [2.24, 2.45) is 5.73 Å². The fourth-order valence-corrected chi connectivity index (χ4v) is 4.85. The second kappa shape index (κ2) is 9.35. The second-order valence-electron chi connectivity index (χ2n) is 7.52. The number of nitrogens with zero attached hydrogens (tertiary/aromatic N) is 2. The summed E-state index contributed by atoms with van der Waals surface area (Å²) in [6.45, 7) is 2.03. The van der Waals surface area contributed by atoms with Crippen LogP contribution in [0.25, 0.3) is 0 Å². The number of hydrogen-bond donors (Lipinski definition) is 1. The van der Waals surface area contributed by atoms with E-state index in [4.69, 9.17) is 5.73 Å². The molecule has 1 aromatic carbocycles. The summed E-state index contributed by atoms with van der Waals surface area (Å²) in [5.41, 5.74) is 4.59. The first-order valence-electron chi connectivity index (χ1n) is 10.1. The van der Waals surface area contributed by atoms with Crippen LogP contribution in [-0.2, 0) is 15.8 Å². The average molecular weight is 469 g/mol. The predicted octanol–water partition coefficient (Wildman–Crippen LogP) is 3.54. The molecule has 0 aliphatic carbocycles. The van der Waals surface area contributed by atoms with Gasteiger partial charge in [-0.3, -0.25) is 24.1 Å². The van der Waals surface area contributed by atoms with Crippen molar-refractivity contribution in [3.05, 3.63) is 45.9 Å². The molecule has 2 aliphatic heterocycles. The molecular weight excluding hydrogens is 447 g/mol. The van der Waals surface area contributed by atoms with Crippen LogP contribution in [-0.4, -0.2) is 51.9 Å². The maximum Gasteiger partial charge on any atom is 0.417 e. The van der Waals surface area contributed by atoms with E-state index in [1.807, 2.05) is 0 Å². The summed E-state index contributed by atoms with van der Waals surface area (Å²) in [5.74, 6) is -2.08. The van der Waals surface area contributed by atoms with Crippen LogP contribution < -0.4 is 5.73 Å². The van der Waals surface area contributed by atoms with Crippen molar-refractivity contribution < 1.29 is 32.3 Å². The SMILES string of the molecule is CCCC(C(N)=O)N1C(=O)SC(=C2CCN(C(=O)c3ccccc3C(F)(F)F)CC2)C1=O. The number of piperidine rings is 1. The molecule has 1 unspecified atom stereocenters. The van der Waals surface area contributed by atoms with Crippen LogP contribution >= 0.6 is 11.8 Å². The van der Waals surface area contributed by atoms with Gasteiger partial charge in [-0.1, -0.05) is 25.5 Å². The molecule has 1 aromatic rings. The third-order valence-corrected chi connectivity index (χ3v) is 6.48. The van der Waals surface area contributed by atoms with Gasteiger partial charge in [0, 0.05) is 13.1 Å². The van der Waals surface area contributed by atoms with Crippen LogP contribution in [0.2, 0.25) is 0 Å². The third-order valence-electron chi connectivity index (χ3n) is 5.44. The monoisotopic (exact) mass is 469 g/mol. The minimum Gasteiger partial charge on any atom is -0.368 e. The summed E-state index contributed by atoms with van der Waals surface area (Å²) >= 11 is 0.729. The van der Waals surface area contributed by atoms with E-state index in [9.17, 15) is 32.3 Å². The molecule has 172 valence electrons. The Hall–Kier alpha value is -2.82. The van der Waals surface area contributed by atoms with Crippen molar-refractivity contribution in [1.29, 1.82) is 0 Å². The van der Waals surface area contributed by atoms with Gasteiger partial charge in [0.25, 0.3) is 17.1 Å². The van der Waals surface area contributed by atoms with Gasteiger partial charge >= 0.3 is 6.18 Å². The van der Waals surface area contributed by atoms with Crippen LogP contribution in [0.1, 0.15) is 48.5 Å². The Labute approximate surface area is 186 Å². The van der Waals surface area contributed by atoms with E-state index in [2.05, 4.69) is 0 Å². The fraction of sp³-hybridized carbons (Fsp3) is 0.429. The first kappa shape index (κ1) is 23.8. The van der Waals surface area contributed by atoms with Crippen LogP contribution in [0.3, 0.4) is 0 Å². The molecule has 0 saturated carbocycles. The maximum absolute atomic E-state index is 13.2. The number of benzene rings is 1. The fourth-order valence-electron chi connectivity index (χ4n) is 3.83. The lowest BCUT2D eigenvalue weighted by atomic mass is 10.00. The minimum absolute atomic E-state index is 0.111. The summed E-state index contributed by atoms with van der Waals surface area (Å²) in [5, 5.41) is -0.577. The molecule has 11 heteroatoms. The van der Waals surface area contributed by atoms with Gasteiger partial charge in [-0.15, -0.1) is 0 Å². The van der Waals surface area contributed by atoms with E-state index in [1.54, 1.807) is 6.92 Å². The van der Waals surface area contributed by atoms with Gasteiger partial charge in [-0.25, -0.2) is 0 Å². The first-order chi connectivity index (χ1) is 15.1. The quantitative estimate of drug-likeness (QED) is 0.665. The standard InChI is InChI=1S/C21H22F3N3O4S/c1-2-5-15(17(25)28)27-19(30)16(32-20(27)31)12-8-10-26(11-9-12)18(29)13-6-3-4-7-14(13)21(22,23)24/h3-4,6-7,15H,2,5,8-11H2,1H3,(H2,25,28). The van der Waals surface area contributed by atoms with Gasteiger partial charge in [0.05, 0.1) is 16.0 Å². The van der Waals surface area contributed by atoms with Crippen LogP contribution in [0, 0.1) is 0 Å². The topological polar surface area (TPSA) is 101 Å². The van der Waals surface area contributed by atoms with Crippen molar-refractivity contribution in [3.8, 4) is 0 Å². The van der Waals surface area contributed by atoms with E-state index < -0.39 is 46.3 Å². The van der Waals surface area contributed by atoms with Crippen molar-refractivity contribution in [2.45, 2.75) is 44.8 Å². The largest absolute Gasteiger partial charge is 0.417 e. The van der Waals surface area contributed by atoms with E-state index in [1.165, 1.54) is 17.0 Å². The maximum atomic E-state index is 13.2. The number of carbonyl (C=O) groups excluding carboxylic acids is 4. The van der Waals surface area contributed by atoms with Gasteiger partial charge < -0.3 is 10.6 Å². The number of hydrogen-bond acceptors (Lipinski definition) is 5. The van der Waals surface area contributed by atoms with Crippen molar-refractivity contribution in [3.63, 3.8) is 0 Å². The summed E-state index contributed by atoms with van der Waals surface area (Å²) in [7, 11) is 0. The molecule has 7 nitrogen and oxygen atoms in total. The number of amides is 4. The first-order valence-corrected chi connectivity index (χ1v) is 10.9. The average Bonchev–Trinajstić information content (AvgIpc) is 3.04. The van der Waals surface area contributed by atoms with Crippen molar-refractivity contribution in [1.82, 2.24) is 9.80 Å². The zero-order valence-corrected chi connectivity index (χ0v) is 18.1. The lowest BCUT2D eigenvalue weighted by molar-refractivity contribution is -0.138. The molecule has 2 aliphatic rings. The lowest BCUT2D eigenvalue weighted by Gasteiger charge is -2.30. The number of halogens is 3. The molecule has 0 spiro atoms. The molecule has 2 saturated heterocycles. The number of alkyl halides is 3. The molecular formula is C21H22F3N3O4S. The summed E-state index contributed by atoms with van der Waals surface area (Å²) in [6, 6.07) is 3.58. The van der Waals surface area contributed by atoms with E-state index in [-0.39, 0.29) is 37.3 Å². The Balaban J connectivity index is 1.76. The number of nitrogens with two attached hydrogens (primary N) is 1. The Morgan fingerprint density at radius 1 is 1.16 bits per heavy atom. The Morgan fingerprint density at radius 2 is 1.78 bits per heavy atom. The van der Waals surface area contributed by atoms with Crippen molar-refractivity contribution >= 4 is 34.7 Å². The van der Waals surface area contributed by atoms with Gasteiger partial charge in [0.2, 0.25) is 5.91 Å². The lowest BCUT2D eigenvalue weighted by Crippen LogP contribution is -2.47. The number of rotatable bonds is 5. The van der Waals surface area contributed by atoms with E-state index >= 15 is 0 Å². The molecule has 0 radical (unpaired) electrons. The van der Waals surface area contributed by atoms with Crippen LogP contribution in [0.15, 0.2) is 34.7 Å². The zero-order valence-electron chi connectivity index (χ0n) is 17.3.